The Hall–Kier alpha value is -2.10. The summed E-state index contributed by atoms with van der Waals surface area (Å²) in [5, 5.41) is 10.3. The number of nitriles is 1. The fourth-order valence-electron chi connectivity index (χ4n) is 2.24. The molecule has 0 aliphatic rings. The van der Waals surface area contributed by atoms with Gasteiger partial charge in [0.05, 0.1) is 17.1 Å². The molecule has 0 fully saturated rings. The normalized spacial score (nSPS) is 12.2. The number of ether oxygens (including phenoxy) is 1. The Labute approximate surface area is 130 Å². The highest BCUT2D eigenvalue weighted by Gasteiger charge is 2.31. The van der Waals surface area contributed by atoms with E-state index in [-0.39, 0.29) is 0 Å². The van der Waals surface area contributed by atoms with Crippen LogP contribution in [0.15, 0.2) is 24.3 Å². The summed E-state index contributed by atoms with van der Waals surface area (Å²) in [6.45, 7) is 8.88. The predicted octanol–water partition coefficient (Wildman–Crippen LogP) is 2.70. The molecule has 1 heterocycles. The van der Waals surface area contributed by atoms with Crippen molar-refractivity contribution in [2.45, 2.75) is 39.5 Å². The highest BCUT2D eigenvalue weighted by molar-refractivity contribution is 6.83. The van der Waals surface area contributed by atoms with E-state index < -0.39 is 20.0 Å². The number of nitrogens with zero attached hydrogens (tertiary/aromatic N) is 2. The standard InChI is InChI=1S/C16H20N2O3Si/c1-16(2,3)21-15(19)18-13-7-6-11(10-17)8-12(13)9-14(18)22(4,5)20/h6-9,20H,1-5H3. The number of carbonyl (C=O) groups is 1. The van der Waals surface area contributed by atoms with Crippen LogP contribution in [0.4, 0.5) is 4.79 Å². The van der Waals surface area contributed by atoms with Crippen molar-refractivity contribution in [1.82, 2.24) is 4.57 Å². The zero-order chi connectivity index (χ0) is 16.7. The highest BCUT2D eigenvalue weighted by atomic mass is 28.4. The molecule has 6 heteroatoms. The maximum Gasteiger partial charge on any atom is 0.418 e. The topological polar surface area (TPSA) is 75.2 Å². The van der Waals surface area contributed by atoms with E-state index in [1.165, 1.54) is 4.57 Å². The zero-order valence-corrected chi connectivity index (χ0v) is 14.5. The SMILES string of the molecule is CC(C)(C)OC(=O)n1c([Si](C)(C)O)cc2cc(C#N)ccc21. The van der Waals surface area contributed by atoms with Gasteiger partial charge in [0.25, 0.3) is 0 Å². The molecule has 0 atom stereocenters. The second-order valence-electron chi connectivity index (χ2n) is 6.79. The van der Waals surface area contributed by atoms with Crippen LogP contribution in [0, 0.1) is 11.3 Å². The van der Waals surface area contributed by atoms with Crippen LogP contribution in [0.3, 0.4) is 0 Å². The first-order valence-electron chi connectivity index (χ1n) is 7.05. The van der Waals surface area contributed by atoms with Gasteiger partial charge in [-0.05, 0) is 58.1 Å². The van der Waals surface area contributed by atoms with Gasteiger partial charge in [0.15, 0.2) is 0 Å². The molecule has 0 aliphatic heterocycles. The molecule has 5 nitrogen and oxygen atoms in total. The molecule has 0 unspecified atom stereocenters. The van der Waals surface area contributed by atoms with Gasteiger partial charge in [0.2, 0.25) is 8.32 Å². The van der Waals surface area contributed by atoms with Crippen LogP contribution in [-0.4, -0.2) is 29.4 Å². The van der Waals surface area contributed by atoms with Gasteiger partial charge in [-0.1, -0.05) is 0 Å². The van der Waals surface area contributed by atoms with E-state index in [1.807, 2.05) is 0 Å². The lowest BCUT2D eigenvalue weighted by atomic mass is 10.2. The van der Waals surface area contributed by atoms with E-state index in [1.54, 1.807) is 58.1 Å². The van der Waals surface area contributed by atoms with E-state index in [0.29, 0.717) is 16.4 Å². The van der Waals surface area contributed by atoms with Crippen molar-refractivity contribution in [3.8, 4) is 6.07 Å². The first kappa shape index (κ1) is 16.3. The molecular weight excluding hydrogens is 296 g/mol. The monoisotopic (exact) mass is 316 g/mol. The summed E-state index contributed by atoms with van der Waals surface area (Å²) < 4.78 is 6.88. The molecule has 0 radical (unpaired) electrons. The summed E-state index contributed by atoms with van der Waals surface area (Å²) in [6.07, 6.45) is -0.517. The molecule has 22 heavy (non-hydrogen) atoms. The van der Waals surface area contributed by atoms with Crippen molar-refractivity contribution in [2.75, 3.05) is 0 Å². The van der Waals surface area contributed by atoms with Gasteiger partial charge >= 0.3 is 6.09 Å². The summed E-state index contributed by atoms with van der Waals surface area (Å²) in [4.78, 5) is 23.0. The lowest BCUT2D eigenvalue weighted by Gasteiger charge is -2.23. The number of aromatic nitrogens is 1. The molecule has 0 aliphatic carbocycles. The third-order valence-electron chi connectivity index (χ3n) is 3.13. The van der Waals surface area contributed by atoms with E-state index in [9.17, 15) is 9.59 Å². The molecule has 0 saturated heterocycles. The average molecular weight is 316 g/mol. The molecule has 2 rings (SSSR count). The van der Waals surface area contributed by atoms with Gasteiger partial charge < -0.3 is 9.53 Å². The minimum Gasteiger partial charge on any atom is -0.443 e. The minimum absolute atomic E-state index is 0.512. The van der Waals surface area contributed by atoms with Crippen LogP contribution in [0.2, 0.25) is 13.1 Å². The molecule has 0 bridgehead atoms. The maximum atomic E-state index is 12.5. The molecule has 116 valence electrons. The van der Waals surface area contributed by atoms with Gasteiger partial charge in [-0.15, -0.1) is 0 Å². The van der Waals surface area contributed by atoms with Crippen molar-refractivity contribution in [1.29, 1.82) is 5.26 Å². The lowest BCUT2D eigenvalue weighted by molar-refractivity contribution is 0.0548. The van der Waals surface area contributed by atoms with Crippen molar-refractivity contribution in [3.05, 3.63) is 29.8 Å². The summed E-state index contributed by atoms with van der Waals surface area (Å²) in [5.41, 5.74) is 0.522. The molecule has 0 spiro atoms. The minimum atomic E-state index is -2.75. The summed E-state index contributed by atoms with van der Waals surface area (Å²) in [6, 6.07) is 8.92. The van der Waals surface area contributed by atoms with E-state index in [4.69, 9.17) is 10.00 Å². The molecule has 1 aromatic heterocycles. The Balaban J connectivity index is 2.69. The summed E-state index contributed by atoms with van der Waals surface area (Å²) in [7, 11) is -2.75. The van der Waals surface area contributed by atoms with Gasteiger partial charge in [0, 0.05) is 10.7 Å². The van der Waals surface area contributed by atoms with Crippen LogP contribution < -0.4 is 5.32 Å². The van der Waals surface area contributed by atoms with Crippen LogP contribution in [-0.2, 0) is 4.74 Å². The Kier molecular flexibility index (Phi) is 3.90. The number of hydrogen-bond acceptors (Lipinski definition) is 4. The molecule has 0 saturated carbocycles. The fraction of sp³-hybridized carbons (Fsp3) is 0.375. The Morgan fingerprint density at radius 3 is 2.45 bits per heavy atom. The van der Waals surface area contributed by atoms with Crippen molar-refractivity contribution >= 4 is 30.6 Å². The molecule has 1 aromatic carbocycles. The third-order valence-corrected chi connectivity index (χ3v) is 4.76. The quantitative estimate of drug-likeness (QED) is 0.821. The maximum absolute atomic E-state index is 12.5. The first-order chi connectivity index (χ1) is 10.0. The van der Waals surface area contributed by atoms with E-state index in [0.717, 1.165) is 5.39 Å². The molecule has 0 amide bonds. The Bertz CT molecular complexity index is 774. The van der Waals surface area contributed by atoms with Crippen LogP contribution in [0.5, 0.6) is 0 Å². The predicted molar refractivity (Wildman–Crippen MR) is 87.6 cm³/mol. The largest absolute Gasteiger partial charge is 0.443 e. The Morgan fingerprint density at radius 2 is 1.95 bits per heavy atom. The third kappa shape index (κ3) is 3.21. The van der Waals surface area contributed by atoms with Crippen LogP contribution in [0.1, 0.15) is 26.3 Å². The average Bonchev–Trinajstić information content (AvgIpc) is 2.74. The van der Waals surface area contributed by atoms with E-state index >= 15 is 0 Å². The highest BCUT2D eigenvalue weighted by Crippen LogP contribution is 2.20. The van der Waals surface area contributed by atoms with Crippen molar-refractivity contribution in [2.24, 2.45) is 0 Å². The second kappa shape index (κ2) is 5.27. The smallest absolute Gasteiger partial charge is 0.418 e. The van der Waals surface area contributed by atoms with Crippen LogP contribution in [0.25, 0.3) is 10.9 Å². The van der Waals surface area contributed by atoms with E-state index in [2.05, 4.69) is 6.07 Å². The lowest BCUT2D eigenvalue weighted by Crippen LogP contribution is -2.48. The van der Waals surface area contributed by atoms with Gasteiger partial charge in [0.1, 0.15) is 5.60 Å². The zero-order valence-electron chi connectivity index (χ0n) is 13.5. The molecular formula is C16H20N2O3Si. The first-order valence-corrected chi connectivity index (χ1v) is 9.99. The van der Waals surface area contributed by atoms with Crippen LogP contribution >= 0.6 is 0 Å². The second-order valence-corrected chi connectivity index (χ2v) is 10.4. The van der Waals surface area contributed by atoms with Gasteiger partial charge in [-0.25, -0.2) is 4.79 Å². The van der Waals surface area contributed by atoms with Gasteiger partial charge in [-0.3, -0.25) is 4.57 Å². The summed E-state index contributed by atoms with van der Waals surface area (Å²) >= 11 is 0. The molecule has 2 aromatic rings. The van der Waals surface area contributed by atoms with Crippen molar-refractivity contribution < 1.29 is 14.3 Å². The fourth-order valence-corrected chi connectivity index (χ4v) is 3.51. The number of benzene rings is 1. The number of rotatable bonds is 1. The Morgan fingerprint density at radius 1 is 1.32 bits per heavy atom. The number of fused-ring (bicyclic) bond motifs is 1. The summed E-state index contributed by atoms with van der Waals surface area (Å²) in [5.74, 6) is 0. The van der Waals surface area contributed by atoms with Gasteiger partial charge in [-0.2, -0.15) is 5.26 Å². The number of hydrogen-bond donors (Lipinski definition) is 1. The number of carbonyl (C=O) groups excluding carboxylic acids is 1. The molecule has 1 N–H and O–H groups in total. The van der Waals surface area contributed by atoms with Crippen molar-refractivity contribution in [3.63, 3.8) is 0 Å².